The zero-order chi connectivity index (χ0) is 25.2. The molecule has 0 spiro atoms. The van der Waals surface area contributed by atoms with E-state index in [-0.39, 0.29) is 24.6 Å². The van der Waals surface area contributed by atoms with Gasteiger partial charge in [-0.2, -0.15) is 13.2 Å². The van der Waals surface area contributed by atoms with Crippen molar-refractivity contribution in [3.63, 3.8) is 0 Å². The van der Waals surface area contributed by atoms with Crippen molar-refractivity contribution in [2.45, 2.75) is 12.6 Å². The number of benzene rings is 2. The molecule has 184 valence electrons. The minimum Gasteiger partial charge on any atom is -0.493 e. The molecule has 1 unspecified atom stereocenters. The third kappa shape index (κ3) is 4.97. The fraction of sp³-hybridized carbons (Fsp3) is 0.391. The van der Waals surface area contributed by atoms with Gasteiger partial charge in [-0.3, -0.25) is 9.59 Å². The van der Waals surface area contributed by atoms with E-state index in [1.54, 1.807) is 26.2 Å². The first-order chi connectivity index (χ1) is 16.0. The number of alkyl halides is 3. The van der Waals surface area contributed by atoms with Gasteiger partial charge in [-0.15, -0.1) is 0 Å². The van der Waals surface area contributed by atoms with Crippen molar-refractivity contribution in [2.75, 3.05) is 57.1 Å². The fourth-order valence-electron chi connectivity index (χ4n) is 3.74. The van der Waals surface area contributed by atoms with Crippen LogP contribution in [0.5, 0.6) is 17.2 Å². The first-order valence-corrected chi connectivity index (χ1v) is 10.3. The largest absolute Gasteiger partial charge is 0.493 e. The Morgan fingerprint density at radius 1 is 1.06 bits per heavy atom. The number of hydrogen-bond donors (Lipinski definition) is 1. The van der Waals surface area contributed by atoms with E-state index in [0.29, 0.717) is 28.6 Å². The molecule has 1 atom stereocenters. The maximum atomic E-state index is 13.6. The molecule has 0 radical (unpaired) electrons. The molecule has 0 bridgehead atoms. The standard InChI is InChI=1S/C23H26F3N3O5/c1-28(2)14-6-7-17(16(9-14)23(24,25)26)27-22(31)13-8-20(30)29(12-13)15-10-18(32-3)21(34-5)19(11-15)33-4/h6-7,9-11,13H,8,12H2,1-5H3,(H,27,31). The minimum absolute atomic E-state index is 0.0135. The Morgan fingerprint density at radius 3 is 2.18 bits per heavy atom. The van der Waals surface area contributed by atoms with Crippen LogP contribution in [-0.4, -0.2) is 53.8 Å². The number of nitrogens with zero attached hydrogens (tertiary/aromatic N) is 2. The van der Waals surface area contributed by atoms with Gasteiger partial charge in [0.15, 0.2) is 11.5 Å². The second-order valence-corrected chi connectivity index (χ2v) is 7.90. The lowest BCUT2D eigenvalue weighted by molar-refractivity contribution is -0.137. The molecule has 2 amide bonds. The number of ether oxygens (including phenoxy) is 3. The average Bonchev–Trinajstić information content (AvgIpc) is 3.19. The van der Waals surface area contributed by atoms with E-state index in [4.69, 9.17) is 14.2 Å². The zero-order valence-corrected chi connectivity index (χ0v) is 19.4. The monoisotopic (exact) mass is 481 g/mol. The molecule has 1 N–H and O–H groups in total. The van der Waals surface area contributed by atoms with E-state index in [2.05, 4.69) is 5.32 Å². The molecule has 8 nitrogen and oxygen atoms in total. The number of rotatable bonds is 7. The summed E-state index contributed by atoms with van der Waals surface area (Å²) < 4.78 is 56.7. The number of nitrogens with one attached hydrogen (secondary N) is 1. The second kappa shape index (κ2) is 9.70. The molecule has 1 saturated heterocycles. The van der Waals surface area contributed by atoms with Gasteiger partial charge in [0, 0.05) is 44.9 Å². The van der Waals surface area contributed by atoms with Crippen LogP contribution in [0.3, 0.4) is 0 Å². The highest BCUT2D eigenvalue weighted by molar-refractivity contribution is 6.04. The Hall–Kier alpha value is -3.63. The van der Waals surface area contributed by atoms with Crippen LogP contribution in [-0.2, 0) is 15.8 Å². The SMILES string of the molecule is COc1cc(N2CC(C(=O)Nc3ccc(N(C)C)cc3C(F)(F)F)CC2=O)cc(OC)c1OC. The quantitative estimate of drug-likeness (QED) is 0.648. The minimum atomic E-state index is -4.66. The predicted octanol–water partition coefficient (Wildman–Crippen LogP) is 3.79. The number of carbonyl (C=O) groups is 2. The van der Waals surface area contributed by atoms with Crippen LogP contribution in [0.2, 0.25) is 0 Å². The molecule has 34 heavy (non-hydrogen) atoms. The van der Waals surface area contributed by atoms with E-state index in [1.165, 1.54) is 43.3 Å². The molecular formula is C23H26F3N3O5. The molecule has 2 aromatic carbocycles. The lowest BCUT2D eigenvalue weighted by Gasteiger charge is -2.21. The van der Waals surface area contributed by atoms with Crippen molar-refractivity contribution < 1.29 is 37.0 Å². The third-order valence-corrected chi connectivity index (χ3v) is 5.54. The predicted molar refractivity (Wildman–Crippen MR) is 121 cm³/mol. The maximum Gasteiger partial charge on any atom is 0.418 e. The van der Waals surface area contributed by atoms with Crippen LogP contribution in [0.15, 0.2) is 30.3 Å². The van der Waals surface area contributed by atoms with E-state index >= 15 is 0 Å². The molecule has 3 rings (SSSR count). The van der Waals surface area contributed by atoms with Crippen LogP contribution < -0.4 is 29.3 Å². The number of hydrogen-bond acceptors (Lipinski definition) is 6. The number of amides is 2. The van der Waals surface area contributed by atoms with Gasteiger partial charge in [0.25, 0.3) is 0 Å². The molecule has 11 heteroatoms. The Bertz CT molecular complexity index is 1060. The summed E-state index contributed by atoms with van der Waals surface area (Å²) in [4.78, 5) is 28.4. The van der Waals surface area contributed by atoms with Crippen molar-refractivity contribution >= 4 is 28.9 Å². The van der Waals surface area contributed by atoms with E-state index in [9.17, 15) is 22.8 Å². The van der Waals surface area contributed by atoms with Gasteiger partial charge >= 0.3 is 6.18 Å². The lowest BCUT2D eigenvalue weighted by atomic mass is 10.1. The number of anilines is 3. The molecule has 1 heterocycles. The molecule has 0 aliphatic carbocycles. The lowest BCUT2D eigenvalue weighted by Crippen LogP contribution is -2.28. The Kier molecular flexibility index (Phi) is 7.13. The van der Waals surface area contributed by atoms with E-state index in [1.807, 2.05) is 0 Å². The zero-order valence-electron chi connectivity index (χ0n) is 19.4. The number of carbonyl (C=O) groups excluding carboxylic acids is 2. The van der Waals surface area contributed by atoms with Crippen molar-refractivity contribution in [3.8, 4) is 17.2 Å². The van der Waals surface area contributed by atoms with Crippen LogP contribution >= 0.6 is 0 Å². The molecule has 1 fully saturated rings. The topological polar surface area (TPSA) is 80.3 Å². The van der Waals surface area contributed by atoms with Gasteiger partial charge in [-0.05, 0) is 18.2 Å². The molecule has 1 aliphatic rings. The van der Waals surface area contributed by atoms with Crippen LogP contribution in [0.25, 0.3) is 0 Å². The summed E-state index contributed by atoms with van der Waals surface area (Å²) >= 11 is 0. The smallest absolute Gasteiger partial charge is 0.418 e. The normalized spacial score (nSPS) is 15.8. The van der Waals surface area contributed by atoms with Gasteiger partial charge in [-0.1, -0.05) is 0 Å². The highest BCUT2D eigenvalue weighted by Crippen LogP contribution is 2.42. The second-order valence-electron chi connectivity index (χ2n) is 7.90. The summed E-state index contributed by atoms with van der Waals surface area (Å²) in [5, 5.41) is 2.36. The Labute approximate surface area is 195 Å². The van der Waals surface area contributed by atoms with E-state index in [0.717, 1.165) is 6.07 Å². The van der Waals surface area contributed by atoms with Gasteiger partial charge in [0.1, 0.15) is 0 Å². The Morgan fingerprint density at radius 2 is 1.68 bits per heavy atom. The van der Waals surface area contributed by atoms with Crippen LogP contribution in [0.1, 0.15) is 12.0 Å². The molecule has 1 aliphatic heterocycles. The van der Waals surface area contributed by atoms with Crippen molar-refractivity contribution in [2.24, 2.45) is 5.92 Å². The summed E-state index contributed by atoms with van der Waals surface area (Å²) in [6, 6.07) is 6.80. The average molecular weight is 481 g/mol. The number of halogens is 3. The van der Waals surface area contributed by atoms with Crippen molar-refractivity contribution in [1.82, 2.24) is 0 Å². The first-order valence-electron chi connectivity index (χ1n) is 10.3. The van der Waals surface area contributed by atoms with Crippen LogP contribution in [0, 0.1) is 5.92 Å². The first kappa shape index (κ1) is 25.0. The summed E-state index contributed by atoms with van der Waals surface area (Å²) in [6.07, 6.45) is -4.82. The van der Waals surface area contributed by atoms with Gasteiger partial charge < -0.3 is 29.3 Å². The number of methoxy groups -OCH3 is 3. The third-order valence-electron chi connectivity index (χ3n) is 5.54. The molecule has 2 aromatic rings. The molecule has 0 saturated carbocycles. The summed E-state index contributed by atoms with van der Waals surface area (Å²) in [5.41, 5.74) is -0.560. The van der Waals surface area contributed by atoms with E-state index < -0.39 is 23.6 Å². The summed E-state index contributed by atoms with van der Waals surface area (Å²) in [6.45, 7) is -0.0135. The summed E-state index contributed by atoms with van der Waals surface area (Å²) in [5.74, 6) is -0.877. The molecular weight excluding hydrogens is 455 g/mol. The van der Waals surface area contributed by atoms with Crippen LogP contribution in [0.4, 0.5) is 30.2 Å². The fourth-order valence-corrected chi connectivity index (χ4v) is 3.74. The highest BCUT2D eigenvalue weighted by Gasteiger charge is 2.38. The van der Waals surface area contributed by atoms with Crippen molar-refractivity contribution in [1.29, 1.82) is 0 Å². The van der Waals surface area contributed by atoms with Gasteiger partial charge in [0.05, 0.1) is 44.2 Å². The summed E-state index contributed by atoms with van der Waals surface area (Å²) in [7, 11) is 7.55. The maximum absolute atomic E-state index is 13.6. The molecule has 0 aromatic heterocycles. The van der Waals surface area contributed by atoms with Gasteiger partial charge in [-0.25, -0.2) is 0 Å². The van der Waals surface area contributed by atoms with Crippen molar-refractivity contribution in [3.05, 3.63) is 35.9 Å². The van der Waals surface area contributed by atoms with Gasteiger partial charge in [0.2, 0.25) is 17.6 Å². The highest BCUT2D eigenvalue weighted by atomic mass is 19.4. The Balaban J connectivity index is 1.84.